The molecule has 1 heterocycles. The number of carbonyl (C=O) groups is 3. The highest BCUT2D eigenvalue weighted by atomic mass is 35.5. The molecule has 184 valence electrons. The van der Waals surface area contributed by atoms with Crippen LogP contribution in [0.25, 0.3) is 6.08 Å². The van der Waals surface area contributed by atoms with Crippen LogP contribution in [-0.2, 0) is 16.1 Å². The molecule has 1 N–H and O–H groups in total. The number of imide groups is 1. The quantitative estimate of drug-likeness (QED) is 0.370. The molecule has 0 unspecified atom stereocenters. The van der Waals surface area contributed by atoms with Gasteiger partial charge in [0.2, 0.25) is 0 Å². The molecule has 0 bridgehead atoms. The van der Waals surface area contributed by atoms with E-state index in [1.54, 1.807) is 48.5 Å². The van der Waals surface area contributed by atoms with Crippen LogP contribution in [0.5, 0.6) is 11.5 Å². The molecule has 0 aromatic heterocycles. The van der Waals surface area contributed by atoms with Gasteiger partial charge in [0.05, 0.1) is 18.6 Å². The van der Waals surface area contributed by atoms with Crippen molar-refractivity contribution >= 4 is 52.2 Å². The van der Waals surface area contributed by atoms with Crippen LogP contribution in [0.2, 0.25) is 5.02 Å². The number of nitrogens with zero attached hydrogens (tertiary/aromatic N) is 1. The Bertz CT molecular complexity index is 1320. The Balaban J connectivity index is 1.41. The SMILES string of the molecule is COc1cc(/C=C2\SC(=O)N(Cc3ccc(C)cc3)C2=O)ccc1OCC(=O)Nc1ccc(Cl)cc1. The lowest BCUT2D eigenvalue weighted by Gasteiger charge is -2.13. The molecule has 1 saturated heterocycles. The first kappa shape index (κ1) is 25.3. The molecule has 4 rings (SSSR count). The number of rotatable bonds is 8. The van der Waals surface area contributed by atoms with Crippen LogP contribution in [-0.4, -0.2) is 35.7 Å². The van der Waals surface area contributed by atoms with Crippen LogP contribution in [0, 0.1) is 6.92 Å². The molecule has 1 aliphatic rings. The molecule has 0 radical (unpaired) electrons. The number of nitrogens with one attached hydrogen (secondary N) is 1. The molecule has 0 saturated carbocycles. The van der Waals surface area contributed by atoms with E-state index in [1.165, 1.54) is 12.0 Å². The molecule has 3 aromatic carbocycles. The number of amides is 3. The summed E-state index contributed by atoms with van der Waals surface area (Å²) < 4.78 is 11.0. The standard InChI is InChI=1S/C27H23ClN2O5S/c1-17-3-5-18(6-4-17)15-30-26(32)24(36-27(30)33)14-19-7-12-22(23(13-19)34-2)35-16-25(31)29-21-10-8-20(28)9-11-21/h3-14H,15-16H2,1-2H3,(H,29,31)/b24-14-. The number of hydrogen-bond donors (Lipinski definition) is 1. The van der Waals surface area contributed by atoms with Crippen molar-refractivity contribution in [3.8, 4) is 11.5 Å². The molecular formula is C27H23ClN2O5S. The van der Waals surface area contributed by atoms with Gasteiger partial charge in [0.25, 0.3) is 17.1 Å². The number of carbonyl (C=O) groups excluding carboxylic acids is 3. The predicted molar refractivity (Wildman–Crippen MR) is 141 cm³/mol. The second-order valence-corrected chi connectivity index (χ2v) is 9.44. The van der Waals surface area contributed by atoms with Gasteiger partial charge in [-0.25, -0.2) is 0 Å². The average molecular weight is 523 g/mol. The first-order valence-corrected chi connectivity index (χ1v) is 12.2. The number of benzene rings is 3. The third-order valence-electron chi connectivity index (χ3n) is 5.31. The summed E-state index contributed by atoms with van der Waals surface area (Å²) in [5.74, 6) is 0.0738. The summed E-state index contributed by atoms with van der Waals surface area (Å²) in [6.07, 6.45) is 1.64. The zero-order valence-electron chi connectivity index (χ0n) is 19.6. The Morgan fingerprint density at radius 3 is 2.44 bits per heavy atom. The van der Waals surface area contributed by atoms with Crippen LogP contribution >= 0.6 is 23.4 Å². The summed E-state index contributed by atoms with van der Waals surface area (Å²) in [6.45, 7) is 1.97. The molecule has 0 atom stereocenters. The van der Waals surface area contributed by atoms with Crippen molar-refractivity contribution in [3.63, 3.8) is 0 Å². The Morgan fingerprint density at radius 2 is 1.75 bits per heavy atom. The number of hydrogen-bond acceptors (Lipinski definition) is 6. The number of methoxy groups -OCH3 is 1. The van der Waals surface area contributed by atoms with E-state index < -0.39 is 0 Å². The van der Waals surface area contributed by atoms with Gasteiger partial charge in [-0.3, -0.25) is 19.3 Å². The van der Waals surface area contributed by atoms with E-state index in [0.29, 0.717) is 32.7 Å². The summed E-state index contributed by atoms with van der Waals surface area (Å²) >= 11 is 6.75. The van der Waals surface area contributed by atoms with Crippen LogP contribution < -0.4 is 14.8 Å². The maximum atomic E-state index is 12.9. The summed E-state index contributed by atoms with van der Waals surface area (Å²) in [5.41, 5.74) is 3.25. The Labute approximate surface area is 218 Å². The molecule has 36 heavy (non-hydrogen) atoms. The fraction of sp³-hybridized carbons (Fsp3) is 0.148. The number of halogens is 1. The fourth-order valence-corrected chi connectivity index (χ4v) is 4.39. The summed E-state index contributed by atoms with van der Waals surface area (Å²) in [7, 11) is 1.48. The zero-order chi connectivity index (χ0) is 25.7. The highest BCUT2D eigenvalue weighted by Gasteiger charge is 2.35. The maximum absolute atomic E-state index is 12.9. The number of anilines is 1. The van der Waals surface area contributed by atoms with Crippen molar-refractivity contribution in [2.45, 2.75) is 13.5 Å². The minimum atomic E-state index is -0.344. The van der Waals surface area contributed by atoms with Crippen molar-refractivity contribution in [1.29, 1.82) is 0 Å². The smallest absolute Gasteiger partial charge is 0.293 e. The minimum Gasteiger partial charge on any atom is -0.493 e. The van der Waals surface area contributed by atoms with Gasteiger partial charge in [0.1, 0.15) is 0 Å². The van der Waals surface area contributed by atoms with E-state index in [2.05, 4.69) is 5.32 Å². The predicted octanol–water partition coefficient (Wildman–Crippen LogP) is 5.91. The van der Waals surface area contributed by atoms with Crippen LogP contribution in [0.3, 0.4) is 0 Å². The van der Waals surface area contributed by atoms with Crippen LogP contribution in [0.1, 0.15) is 16.7 Å². The van der Waals surface area contributed by atoms with Crippen molar-refractivity contribution in [2.24, 2.45) is 0 Å². The maximum Gasteiger partial charge on any atom is 0.293 e. The average Bonchev–Trinajstić information content (AvgIpc) is 3.13. The summed E-state index contributed by atoms with van der Waals surface area (Å²) in [6, 6.07) is 19.5. The van der Waals surface area contributed by atoms with E-state index >= 15 is 0 Å². The van der Waals surface area contributed by atoms with E-state index in [1.807, 2.05) is 31.2 Å². The summed E-state index contributed by atoms with van der Waals surface area (Å²) in [4.78, 5) is 39.1. The van der Waals surface area contributed by atoms with Gasteiger partial charge in [-0.2, -0.15) is 0 Å². The molecule has 0 spiro atoms. The third-order valence-corrected chi connectivity index (χ3v) is 6.47. The van der Waals surface area contributed by atoms with Crippen molar-refractivity contribution < 1.29 is 23.9 Å². The normalized spacial score (nSPS) is 14.3. The minimum absolute atomic E-state index is 0.219. The topological polar surface area (TPSA) is 84.9 Å². The molecule has 3 amide bonds. The first-order chi connectivity index (χ1) is 17.3. The number of thioether (sulfide) groups is 1. The van der Waals surface area contributed by atoms with Gasteiger partial charge in [0, 0.05) is 10.7 Å². The largest absolute Gasteiger partial charge is 0.493 e. The molecule has 9 heteroatoms. The second-order valence-electron chi connectivity index (χ2n) is 8.01. The molecule has 1 aliphatic heterocycles. The monoisotopic (exact) mass is 522 g/mol. The highest BCUT2D eigenvalue weighted by Crippen LogP contribution is 2.35. The number of aryl methyl sites for hydroxylation is 1. The Hall–Kier alpha value is -3.75. The third kappa shape index (κ3) is 6.27. The van der Waals surface area contributed by atoms with E-state index in [4.69, 9.17) is 21.1 Å². The molecule has 3 aromatic rings. The van der Waals surface area contributed by atoms with Gasteiger partial charge >= 0.3 is 0 Å². The lowest BCUT2D eigenvalue weighted by atomic mass is 10.1. The molecule has 7 nitrogen and oxygen atoms in total. The van der Waals surface area contributed by atoms with Crippen molar-refractivity contribution in [1.82, 2.24) is 4.90 Å². The number of ether oxygens (including phenoxy) is 2. The van der Waals surface area contributed by atoms with E-state index in [-0.39, 0.29) is 30.2 Å². The van der Waals surface area contributed by atoms with Gasteiger partial charge in [-0.1, -0.05) is 47.5 Å². The van der Waals surface area contributed by atoms with Crippen LogP contribution in [0.15, 0.2) is 71.6 Å². The molecule has 0 aliphatic carbocycles. The van der Waals surface area contributed by atoms with Gasteiger partial charge in [-0.05, 0) is 72.3 Å². The highest BCUT2D eigenvalue weighted by molar-refractivity contribution is 8.18. The fourth-order valence-electron chi connectivity index (χ4n) is 3.43. The Kier molecular flexibility index (Phi) is 7.97. The van der Waals surface area contributed by atoms with Gasteiger partial charge in [0.15, 0.2) is 18.1 Å². The van der Waals surface area contributed by atoms with Gasteiger partial charge in [-0.15, -0.1) is 0 Å². The van der Waals surface area contributed by atoms with E-state index in [0.717, 1.165) is 22.9 Å². The lowest BCUT2D eigenvalue weighted by molar-refractivity contribution is -0.123. The van der Waals surface area contributed by atoms with E-state index in [9.17, 15) is 14.4 Å². The first-order valence-electron chi connectivity index (χ1n) is 11.0. The van der Waals surface area contributed by atoms with Crippen LogP contribution in [0.4, 0.5) is 10.5 Å². The summed E-state index contributed by atoms with van der Waals surface area (Å²) in [5, 5.41) is 2.98. The van der Waals surface area contributed by atoms with Crippen molar-refractivity contribution in [2.75, 3.05) is 19.0 Å². The van der Waals surface area contributed by atoms with Crippen molar-refractivity contribution in [3.05, 3.63) is 93.3 Å². The van der Waals surface area contributed by atoms with Gasteiger partial charge < -0.3 is 14.8 Å². The lowest BCUT2D eigenvalue weighted by Crippen LogP contribution is -2.27. The molecule has 1 fully saturated rings. The Morgan fingerprint density at radius 1 is 1.03 bits per heavy atom. The molecular weight excluding hydrogens is 500 g/mol. The zero-order valence-corrected chi connectivity index (χ0v) is 21.2. The second kappa shape index (κ2) is 11.3.